The molecule has 0 radical (unpaired) electrons. The topological polar surface area (TPSA) is 67.9 Å². The summed E-state index contributed by atoms with van der Waals surface area (Å²) < 4.78 is 10.7. The first kappa shape index (κ1) is 11.0. The summed E-state index contributed by atoms with van der Waals surface area (Å²) >= 11 is 5.01. The summed E-state index contributed by atoms with van der Waals surface area (Å²) in [5.41, 5.74) is 6.50. The van der Waals surface area contributed by atoms with Gasteiger partial charge in [-0.2, -0.15) is 5.10 Å². The maximum absolute atomic E-state index is 5.69. The van der Waals surface area contributed by atoms with Crippen LogP contribution in [0.25, 0.3) is 0 Å². The lowest BCUT2D eigenvalue weighted by atomic mass is 10.1. The maximum atomic E-state index is 5.69. The highest BCUT2D eigenvalue weighted by Gasteiger charge is 2.33. The Morgan fingerprint density at radius 2 is 2.11 bits per heavy atom. The van der Waals surface area contributed by atoms with Crippen molar-refractivity contribution in [2.24, 2.45) is 10.8 Å². The van der Waals surface area contributed by atoms with E-state index < -0.39 is 0 Å². The van der Waals surface area contributed by atoms with Crippen molar-refractivity contribution >= 4 is 23.0 Å². The molecule has 1 atom stereocenters. The van der Waals surface area contributed by atoms with Crippen molar-refractivity contribution in [3.63, 3.8) is 0 Å². The van der Waals surface area contributed by atoms with Gasteiger partial charge in [-0.25, -0.2) is 5.01 Å². The van der Waals surface area contributed by atoms with Gasteiger partial charge in [0.2, 0.25) is 0 Å². The molecule has 2 N–H and O–H groups in total. The van der Waals surface area contributed by atoms with E-state index >= 15 is 0 Å². The van der Waals surface area contributed by atoms with Crippen molar-refractivity contribution < 1.29 is 8.83 Å². The minimum absolute atomic E-state index is 0.0994. The van der Waals surface area contributed by atoms with Crippen LogP contribution in [0.5, 0.6) is 0 Å². The van der Waals surface area contributed by atoms with Crippen LogP contribution in [-0.4, -0.2) is 15.8 Å². The first-order valence-corrected chi connectivity index (χ1v) is 5.90. The summed E-state index contributed by atoms with van der Waals surface area (Å²) in [6.45, 7) is 0. The smallest absolute Gasteiger partial charge is 0.187 e. The summed E-state index contributed by atoms with van der Waals surface area (Å²) in [5.74, 6) is 1.51. The second-order valence-corrected chi connectivity index (χ2v) is 4.36. The predicted octanol–water partition coefficient (Wildman–Crippen LogP) is 2.27. The Morgan fingerprint density at radius 1 is 1.33 bits per heavy atom. The molecule has 3 heterocycles. The van der Waals surface area contributed by atoms with Crippen molar-refractivity contribution in [1.29, 1.82) is 0 Å². The van der Waals surface area contributed by atoms with Crippen molar-refractivity contribution in [2.75, 3.05) is 0 Å². The molecule has 0 fully saturated rings. The number of furan rings is 2. The van der Waals surface area contributed by atoms with Crippen LogP contribution >= 0.6 is 12.2 Å². The highest BCUT2D eigenvalue weighted by atomic mass is 32.1. The number of hydrazone groups is 1. The maximum Gasteiger partial charge on any atom is 0.187 e. The van der Waals surface area contributed by atoms with Gasteiger partial charge >= 0.3 is 0 Å². The van der Waals surface area contributed by atoms with E-state index in [0.29, 0.717) is 6.42 Å². The monoisotopic (exact) mass is 261 g/mol. The van der Waals surface area contributed by atoms with Crippen molar-refractivity contribution in [2.45, 2.75) is 12.5 Å². The first-order chi connectivity index (χ1) is 8.75. The number of nitrogens with two attached hydrogens (primary N) is 1. The zero-order chi connectivity index (χ0) is 12.5. The normalized spacial score (nSPS) is 19.0. The average molecular weight is 261 g/mol. The molecule has 0 bridgehead atoms. The van der Waals surface area contributed by atoms with Gasteiger partial charge < -0.3 is 14.6 Å². The molecule has 0 spiro atoms. The third-order valence-corrected chi connectivity index (χ3v) is 3.00. The molecule has 0 amide bonds. The fraction of sp³-hybridized carbons (Fsp3) is 0.167. The van der Waals surface area contributed by atoms with Crippen molar-refractivity contribution in [3.8, 4) is 0 Å². The second kappa shape index (κ2) is 4.30. The molecule has 0 unspecified atom stereocenters. The molecular weight excluding hydrogens is 250 g/mol. The Morgan fingerprint density at radius 3 is 2.72 bits per heavy atom. The van der Waals surface area contributed by atoms with E-state index in [0.717, 1.165) is 17.2 Å². The van der Waals surface area contributed by atoms with Crippen LogP contribution in [-0.2, 0) is 0 Å². The largest absolute Gasteiger partial charge is 0.467 e. The molecule has 18 heavy (non-hydrogen) atoms. The number of hydrogen-bond acceptors (Lipinski definition) is 4. The molecule has 0 aliphatic carbocycles. The standard InChI is InChI=1S/C12H11N3O2S/c13-12(18)15-9(11-4-2-6-17-11)7-8(14-15)10-3-1-5-16-10/h1-6,9H,7H2,(H2,13,18)/t9-/m0/s1. The Balaban J connectivity index is 1.93. The van der Waals surface area contributed by atoms with E-state index in [1.165, 1.54) is 0 Å². The molecule has 6 heteroatoms. The fourth-order valence-electron chi connectivity index (χ4n) is 2.01. The summed E-state index contributed by atoms with van der Waals surface area (Å²) in [5, 5.41) is 6.21. The SMILES string of the molecule is NC(=S)N1N=C(c2ccco2)C[C@H]1c1ccco1. The first-order valence-electron chi connectivity index (χ1n) is 5.49. The molecule has 0 saturated carbocycles. The third kappa shape index (κ3) is 1.80. The molecule has 92 valence electrons. The Bertz CT molecular complexity index is 575. The van der Waals surface area contributed by atoms with Crippen LogP contribution in [0, 0.1) is 0 Å². The fourth-order valence-corrected chi connectivity index (χ4v) is 2.18. The van der Waals surface area contributed by atoms with Crippen LogP contribution in [0.15, 0.2) is 50.7 Å². The van der Waals surface area contributed by atoms with Crippen LogP contribution in [0.2, 0.25) is 0 Å². The van der Waals surface area contributed by atoms with Gasteiger partial charge in [-0.15, -0.1) is 0 Å². The minimum Gasteiger partial charge on any atom is -0.467 e. The summed E-state index contributed by atoms with van der Waals surface area (Å²) in [7, 11) is 0. The van der Waals surface area contributed by atoms with E-state index in [1.54, 1.807) is 17.5 Å². The van der Waals surface area contributed by atoms with E-state index in [4.69, 9.17) is 26.8 Å². The Labute approximate surface area is 109 Å². The number of nitrogens with zero attached hydrogens (tertiary/aromatic N) is 2. The third-order valence-electron chi connectivity index (χ3n) is 2.81. The summed E-state index contributed by atoms with van der Waals surface area (Å²) in [6.07, 6.45) is 3.89. The molecule has 0 saturated heterocycles. The van der Waals surface area contributed by atoms with Crippen LogP contribution in [0.3, 0.4) is 0 Å². The van der Waals surface area contributed by atoms with Crippen LogP contribution in [0.1, 0.15) is 24.0 Å². The molecule has 3 rings (SSSR count). The van der Waals surface area contributed by atoms with Gasteiger partial charge in [0.25, 0.3) is 0 Å². The van der Waals surface area contributed by atoms with Gasteiger partial charge in [0, 0.05) is 6.42 Å². The quantitative estimate of drug-likeness (QED) is 0.840. The number of rotatable bonds is 2. The molecule has 1 aliphatic heterocycles. The van der Waals surface area contributed by atoms with Gasteiger partial charge in [-0.3, -0.25) is 0 Å². The van der Waals surface area contributed by atoms with E-state index in [9.17, 15) is 0 Å². The van der Waals surface area contributed by atoms with Gasteiger partial charge in [0.05, 0.1) is 12.5 Å². The van der Waals surface area contributed by atoms with Crippen LogP contribution in [0.4, 0.5) is 0 Å². The Hall–Kier alpha value is -2.08. The highest BCUT2D eigenvalue weighted by Crippen LogP contribution is 2.32. The van der Waals surface area contributed by atoms with E-state index in [-0.39, 0.29) is 11.2 Å². The molecule has 2 aromatic rings. The zero-order valence-electron chi connectivity index (χ0n) is 9.45. The summed E-state index contributed by atoms with van der Waals surface area (Å²) in [6, 6.07) is 7.30. The zero-order valence-corrected chi connectivity index (χ0v) is 10.3. The summed E-state index contributed by atoms with van der Waals surface area (Å²) in [4.78, 5) is 0. The molecular formula is C12H11N3O2S. The lowest BCUT2D eigenvalue weighted by molar-refractivity contribution is 0.316. The van der Waals surface area contributed by atoms with E-state index in [2.05, 4.69) is 5.10 Å². The Kier molecular flexibility index (Phi) is 2.64. The van der Waals surface area contributed by atoms with Gasteiger partial charge in [0.15, 0.2) is 5.11 Å². The van der Waals surface area contributed by atoms with E-state index in [1.807, 2.05) is 24.3 Å². The van der Waals surface area contributed by atoms with Crippen molar-refractivity contribution in [3.05, 3.63) is 48.3 Å². The molecule has 2 aromatic heterocycles. The lowest BCUT2D eigenvalue weighted by Gasteiger charge is -2.19. The number of hydrogen-bond donors (Lipinski definition) is 1. The molecule has 0 aromatic carbocycles. The van der Waals surface area contributed by atoms with Crippen LogP contribution < -0.4 is 5.73 Å². The molecule has 5 nitrogen and oxygen atoms in total. The predicted molar refractivity (Wildman–Crippen MR) is 69.9 cm³/mol. The van der Waals surface area contributed by atoms with Crippen molar-refractivity contribution in [1.82, 2.24) is 5.01 Å². The number of thiocarbonyl (C=S) groups is 1. The second-order valence-electron chi connectivity index (χ2n) is 3.94. The average Bonchev–Trinajstić information content (AvgIpc) is 3.10. The molecule has 1 aliphatic rings. The van der Waals surface area contributed by atoms with Gasteiger partial charge in [0.1, 0.15) is 23.3 Å². The van der Waals surface area contributed by atoms with Gasteiger partial charge in [-0.05, 0) is 36.5 Å². The highest BCUT2D eigenvalue weighted by molar-refractivity contribution is 7.80. The lowest BCUT2D eigenvalue weighted by Crippen LogP contribution is -2.31. The minimum atomic E-state index is -0.0994. The van der Waals surface area contributed by atoms with Gasteiger partial charge in [-0.1, -0.05) is 0 Å².